The van der Waals surface area contributed by atoms with Crippen molar-refractivity contribution >= 4 is 11.9 Å². The van der Waals surface area contributed by atoms with Gasteiger partial charge in [-0.3, -0.25) is 4.79 Å². The first-order valence-corrected chi connectivity index (χ1v) is 9.22. The number of carbonyl (C=O) groups is 2. The summed E-state index contributed by atoms with van der Waals surface area (Å²) in [5.74, 6) is 0.461. The highest BCUT2D eigenvalue weighted by Crippen LogP contribution is 2.32. The summed E-state index contributed by atoms with van der Waals surface area (Å²) in [6.45, 7) is 8.37. The maximum atomic E-state index is 12.3. The molecule has 1 atom stereocenters. The number of carbonyl (C=O) groups excluding carboxylic acids is 2. The predicted octanol–water partition coefficient (Wildman–Crippen LogP) is 3.57. The van der Waals surface area contributed by atoms with Gasteiger partial charge in [0.05, 0.1) is 5.56 Å². The van der Waals surface area contributed by atoms with E-state index in [2.05, 4.69) is 26.1 Å². The number of rotatable bonds is 5. The monoisotopic (exact) mass is 383 g/mol. The highest BCUT2D eigenvalue weighted by atomic mass is 16.7. The lowest BCUT2D eigenvalue weighted by Crippen LogP contribution is -2.35. The Morgan fingerprint density at radius 3 is 2.43 bits per heavy atom. The zero-order valence-electron chi connectivity index (χ0n) is 16.6. The molecule has 28 heavy (non-hydrogen) atoms. The summed E-state index contributed by atoms with van der Waals surface area (Å²) in [5, 5.41) is 2.76. The van der Waals surface area contributed by atoms with Crippen LogP contribution in [-0.4, -0.2) is 24.8 Å². The molecular formula is C22H25NO5. The Balaban J connectivity index is 1.52. The second-order valence-electron chi connectivity index (χ2n) is 7.78. The Bertz CT molecular complexity index is 867. The van der Waals surface area contributed by atoms with Crippen molar-refractivity contribution in [2.45, 2.75) is 45.8 Å². The molecule has 1 heterocycles. The van der Waals surface area contributed by atoms with Crippen LogP contribution in [0.3, 0.4) is 0 Å². The quantitative estimate of drug-likeness (QED) is 0.799. The molecule has 1 aliphatic heterocycles. The fraction of sp³-hybridized carbons (Fsp3) is 0.364. The second-order valence-corrected chi connectivity index (χ2v) is 7.78. The summed E-state index contributed by atoms with van der Waals surface area (Å²) in [5.41, 5.74) is 2.42. The van der Waals surface area contributed by atoms with Crippen LogP contribution in [0.4, 0.5) is 0 Å². The van der Waals surface area contributed by atoms with Crippen LogP contribution in [0.15, 0.2) is 42.5 Å². The first kappa shape index (κ1) is 19.7. The van der Waals surface area contributed by atoms with Crippen LogP contribution in [0.5, 0.6) is 11.5 Å². The summed E-state index contributed by atoms with van der Waals surface area (Å²) in [7, 11) is 0. The van der Waals surface area contributed by atoms with Crippen molar-refractivity contribution in [1.82, 2.24) is 5.32 Å². The Kier molecular flexibility index (Phi) is 5.58. The standard InChI is InChI=1S/C22H25NO5/c1-14(28-21(25)16-6-8-17(9-7-16)22(2,3)4)20(24)23-12-15-5-10-18-19(11-15)27-13-26-18/h5-11,14H,12-13H2,1-4H3,(H,23,24)/t14-/m0/s1. The van der Waals surface area contributed by atoms with Gasteiger partial charge in [-0.15, -0.1) is 0 Å². The van der Waals surface area contributed by atoms with Crippen molar-refractivity contribution in [3.8, 4) is 11.5 Å². The molecule has 1 N–H and O–H groups in total. The first-order valence-electron chi connectivity index (χ1n) is 9.22. The van der Waals surface area contributed by atoms with Crippen molar-refractivity contribution in [3.05, 3.63) is 59.2 Å². The number of fused-ring (bicyclic) bond motifs is 1. The molecule has 0 spiro atoms. The molecule has 6 heteroatoms. The van der Waals surface area contributed by atoms with E-state index in [4.69, 9.17) is 14.2 Å². The molecule has 0 aromatic heterocycles. The van der Waals surface area contributed by atoms with E-state index in [0.717, 1.165) is 11.1 Å². The average molecular weight is 383 g/mol. The molecular weight excluding hydrogens is 358 g/mol. The summed E-state index contributed by atoms with van der Waals surface area (Å²) < 4.78 is 15.9. The zero-order valence-corrected chi connectivity index (χ0v) is 16.6. The Morgan fingerprint density at radius 1 is 1.07 bits per heavy atom. The van der Waals surface area contributed by atoms with E-state index in [1.54, 1.807) is 25.1 Å². The van der Waals surface area contributed by atoms with Crippen molar-refractivity contribution in [3.63, 3.8) is 0 Å². The third kappa shape index (κ3) is 4.63. The van der Waals surface area contributed by atoms with Gasteiger partial charge < -0.3 is 19.5 Å². The van der Waals surface area contributed by atoms with Crippen LogP contribution in [-0.2, 0) is 21.5 Å². The minimum Gasteiger partial charge on any atom is -0.454 e. The lowest BCUT2D eigenvalue weighted by Gasteiger charge is -2.19. The van der Waals surface area contributed by atoms with Crippen molar-refractivity contribution < 1.29 is 23.8 Å². The lowest BCUT2D eigenvalue weighted by atomic mass is 9.87. The van der Waals surface area contributed by atoms with Gasteiger partial charge in [-0.05, 0) is 47.7 Å². The van der Waals surface area contributed by atoms with E-state index in [1.165, 1.54) is 0 Å². The van der Waals surface area contributed by atoms with E-state index in [-0.39, 0.29) is 18.1 Å². The minimum atomic E-state index is -0.899. The topological polar surface area (TPSA) is 73.9 Å². The van der Waals surface area contributed by atoms with E-state index in [9.17, 15) is 9.59 Å². The highest BCUT2D eigenvalue weighted by Gasteiger charge is 2.20. The first-order chi connectivity index (χ1) is 13.2. The van der Waals surface area contributed by atoms with E-state index < -0.39 is 12.1 Å². The molecule has 0 saturated heterocycles. The molecule has 2 aromatic rings. The fourth-order valence-electron chi connectivity index (χ4n) is 2.77. The van der Waals surface area contributed by atoms with Crippen molar-refractivity contribution in [1.29, 1.82) is 0 Å². The number of ether oxygens (including phenoxy) is 3. The molecule has 0 aliphatic carbocycles. The zero-order chi connectivity index (χ0) is 20.3. The molecule has 0 bridgehead atoms. The number of benzene rings is 2. The lowest BCUT2D eigenvalue weighted by molar-refractivity contribution is -0.129. The third-order valence-corrected chi connectivity index (χ3v) is 4.54. The molecule has 3 rings (SSSR count). The normalized spacial score (nSPS) is 13.7. The Morgan fingerprint density at radius 2 is 1.75 bits per heavy atom. The number of esters is 1. The van der Waals surface area contributed by atoms with Gasteiger partial charge in [-0.1, -0.05) is 39.0 Å². The Labute approximate surface area is 164 Å². The van der Waals surface area contributed by atoms with Gasteiger partial charge in [0.2, 0.25) is 6.79 Å². The van der Waals surface area contributed by atoms with Gasteiger partial charge in [-0.2, -0.15) is 0 Å². The van der Waals surface area contributed by atoms with Gasteiger partial charge in [0.15, 0.2) is 17.6 Å². The van der Waals surface area contributed by atoms with Gasteiger partial charge in [0, 0.05) is 6.54 Å². The van der Waals surface area contributed by atoms with Crippen LogP contribution in [0.25, 0.3) is 0 Å². The van der Waals surface area contributed by atoms with Crippen LogP contribution in [0.1, 0.15) is 49.2 Å². The number of hydrogen-bond donors (Lipinski definition) is 1. The molecule has 0 radical (unpaired) electrons. The van der Waals surface area contributed by atoms with Crippen LogP contribution in [0, 0.1) is 0 Å². The number of hydrogen-bond acceptors (Lipinski definition) is 5. The summed E-state index contributed by atoms with van der Waals surface area (Å²) >= 11 is 0. The summed E-state index contributed by atoms with van der Waals surface area (Å²) in [6, 6.07) is 12.7. The van der Waals surface area contributed by atoms with E-state index in [1.807, 2.05) is 24.3 Å². The summed E-state index contributed by atoms with van der Waals surface area (Å²) in [4.78, 5) is 24.5. The average Bonchev–Trinajstić information content (AvgIpc) is 3.13. The third-order valence-electron chi connectivity index (χ3n) is 4.54. The molecule has 148 valence electrons. The van der Waals surface area contributed by atoms with E-state index in [0.29, 0.717) is 23.6 Å². The minimum absolute atomic E-state index is 0.00430. The van der Waals surface area contributed by atoms with Gasteiger partial charge in [-0.25, -0.2) is 4.79 Å². The van der Waals surface area contributed by atoms with Gasteiger partial charge in [0.1, 0.15) is 0 Å². The van der Waals surface area contributed by atoms with Crippen LogP contribution >= 0.6 is 0 Å². The van der Waals surface area contributed by atoms with Crippen LogP contribution < -0.4 is 14.8 Å². The number of nitrogens with one attached hydrogen (secondary N) is 1. The highest BCUT2D eigenvalue weighted by molar-refractivity contribution is 5.92. The predicted molar refractivity (Wildman–Crippen MR) is 104 cm³/mol. The Hall–Kier alpha value is -3.02. The van der Waals surface area contributed by atoms with Crippen LogP contribution in [0.2, 0.25) is 0 Å². The molecule has 0 fully saturated rings. The van der Waals surface area contributed by atoms with Gasteiger partial charge >= 0.3 is 5.97 Å². The fourth-order valence-corrected chi connectivity index (χ4v) is 2.77. The van der Waals surface area contributed by atoms with Gasteiger partial charge in [0.25, 0.3) is 5.91 Å². The molecule has 2 aromatic carbocycles. The second kappa shape index (κ2) is 7.92. The number of amides is 1. The molecule has 0 unspecified atom stereocenters. The van der Waals surface area contributed by atoms with Crippen molar-refractivity contribution in [2.75, 3.05) is 6.79 Å². The van der Waals surface area contributed by atoms with Crippen molar-refractivity contribution in [2.24, 2.45) is 0 Å². The smallest absolute Gasteiger partial charge is 0.338 e. The molecule has 0 saturated carbocycles. The molecule has 6 nitrogen and oxygen atoms in total. The maximum absolute atomic E-state index is 12.3. The van der Waals surface area contributed by atoms with E-state index >= 15 is 0 Å². The molecule has 1 amide bonds. The maximum Gasteiger partial charge on any atom is 0.338 e. The summed E-state index contributed by atoms with van der Waals surface area (Å²) in [6.07, 6.45) is -0.899. The SMILES string of the molecule is C[C@H](OC(=O)c1ccc(C(C)(C)C)cc1)C(=O)NCc1ccc2c(c1)OCO2. The largest absolute Gasteiger partial charge is 0.454 e. The molecule has 1 aliphatic rings.